The van der Waals surface area contributed by atoms with Gasteiger partial charge in [-0.2, -0.15) is 0 Å². The Morgan fingerprint density at radius 2 is 1.64 bits per heavy atom. The summed E-state index contributed by atoms with van der Waals surface area (Å²) in [5, 5.41) is 28.1. The molecule has 4 rings (SSSR count). The van der Waals surface area contributed by atoms with Crippen LogP contribution < -0.4 is 5.32 Å². The molecule has 0 spiro atoms. The molecule has 0 radical (unpaired) electrons. The molecule has 0 aliphatic heterocycles. The number of aliphatic hydroxyl groups excluding tert-OH is 2. The van der Waals surface area contributed by atoms with Gasteiger partial charge in [0.05, 0.1) is 18.8 Å². The first-order chi connectivity index (χ1) is 13.5. The van der Waals surface area contributed by atoms with E-state index in [1.54, 1.807) is 0 Å². The molecule has 0 bridgehead atoms. The van der Waals surface area contributed by atoms with Crippen LogP contribution in [0.5, 0.6) is 0 Å². The summed E-state index contributed by atoms with van der Waals surface area (Å²) in [5.41, 5.74) is 2.89. The second kappa shape index (κ2) is 7.21. The van der Waals surface area contributed by atoms with Gasteiger partial charge >= 0.3 is 0 Å². The van der Waals surface area contributed by atoms with Gasteiger partial charge in [0.25, 0.3) is 0 Å². The number of hydrogen-bond donors (Lipinski definition) is 3. The van der Waals surface area contributed by atoms with Gasteiger partial charge in [-0.1, -0.05) is 50.2 Å². The zero-order chi connectivity index (χ0) is 19.9. The first-order valence-corrected chi connectivity index (χ1v) is 9.86. The molecule has 0 atom stereocenters. The maximum atomic E-state index is 9.83. The van der Waals surface area contributed by atoms with Crippen LogP contribution in [0.4, 0.5) is 0 Å². The van der Waals surface area contributed by atoms with Crippen molar-refractivity contribution in [2.75, 3.05) is 13.2 Å². The van der Waals surface area contributed by atoms with Gasteiger partial charge in [0, 0.05) is 35.4 Å². The standard InChI is InChI=1S/C24H28N2O2/c1-16(2)24(14-27,15-28)25-13-17-8-10-21-20(12-17)23-19-7-5-4-6-18(19)9-11-22(23)26(21)3/h4-12,16,25,27-28H,13-15H2,1-3H3. The van der Waals surface area contributed by atoms with Crippen molar-refractivity contribution in [2.24, 2.45) is 13.0 Å². The van der Waals surface area contributed by atoms with Gasteiger partial charge < -0.3 is 20.1 Å². The number of aryl methyl sites for hydroxylation is 1. The van der Waals surface area contributed by atoms with Crippen LogP contribution in [0.1, 0.15) is 19.4 Å². The van der Waals surface area contributed by atoms with E-state index in [0.717, 1.165) is 5.56 Å². The SMILES string of the molecule is CC(C)C(CO)(CO)NCc1ccc2c(c1)c1c3ccccc3ccc1n2C. The van der Waals surface area contributed by atoms with Gasteiger partial charge in [-0.25, -0.2) is 0 Å². The van der Waals surface area contributed by atoms with E-state index >= 15 is 0 Å². The molecular weight excluding hydrogens is 348 g/mol. The molecule has 4 aromatic rings. The summed E-state index contributed by atoms with van der Waals surface area (Å²) in [6.07, 6.45) is 0. The highest BCUT2D eigenvalue weighted by Gasteiger charge is 2.31. The van der Waals surface area contributed by atoms with E-state index in [1.807, 2.05) is 13.8 Å². The number of rotatable bonds is 6. The van der Waals surface area contributed by atoms with Crippen molar-refractivity contribution in [1.29, 1.82) is 0 Å². The Kier molecular flexibility index (Phi) is 4.88. The number of hydrogen-bond acceptors (Lipinski definition) is 3. The smallest absolute Gasteiger partial charge is 0.0673 e. The van der Waals surface area contributed by atoms with Gasteiger partial charge in [-0.05, 0) is 40.5 Å². The maximum Gasteiger partial charge on any atom is 0.0673 e. The third kappa shape index (κ3) is 2.89. The Morgan fingerprint density at radius 1 is 0.929 bits per heavy atom. The minimum absolute atomic E-state index is 0.0949. The van der Waals surface area contributed by atoms with Gasteiger partial charge in [-0.15, -0.1) is 0 Å². The molecule has 0 saturated heterocycles. The molecule has 3 aromatic carbocycles. The zero-order valence-electron chi connectivity index (χ0n) is 16.7. The predicted molar refractivity (Wildman–Crippen MR) is 117 cm³/mol. The van der Waals surface area contributed by atoms with Gasteiger partial charge in [0.2, 0.25) is 0 Å². The zero-order valence-corrected chi connectivity index (χ0v) is 16.7. The van der Waals surface area contributed by atoms with Crippen molar-refractivity contribution < 1.29 is 10.2 Å². The van der Waals surface area contributed by atoms with Gasteiger partial charge in [0.1, 0.15) is 0 Å². The predicted octanol–water partition coefficient (Wildman–Crippen LogP) is 3.95. The molecule has 0 aliphatic carbocycles. The number of nitrogens with zero attached hydrogens (tertiary/aromatic N) is 1. The lowest BCUT2D eigenvalue weighted by Crippen LogP contribution is -2.55. The Balaban J connectivity index is 1.82. The molecule has 1 aromatic heterocycles. The van der Waals surface area contributed by atoms with Gasteiger partial charge in [-0.3, -0.25) is 0 Å². The molecule has 4 heteroatoms. The molecule has 0 unspecified atom stereocenters. The summed E-state index contributed by atoms with van der Waals surface area (Å²) in [5.74, 6) is 0.118. The fourth-order valence-corrected chi connectivity index (χ4v) is 4.15. The highest BCUT2D eigenvalue weighted by Crippen LogP contribution is 2.34. The van der Waals surface area contributed by atoms with E-state index in [9.17, 15) is 10.2 Å². The molecule has 1 heterocycles. The van der Waals surface area contributed by atoms with E-state index in [1.165, 1.54) is 32.6 Å². The molecule has 0 aliphatic rings. The lowest BCUT2D eigenvalue weighted by atomic mass is 9.87. The fraction of sp³-hybridized carbons (Fsp3) is 0.333. The number of aromatic nitrogens is 1. The van der Waals surface area contributed by atoms with Crippen molar-refractivity contribution in [2.45, 2.75) is 25.9 Å². The van der Waals surface area contributed by atoms with Crippen LogP contribution >= 0.6 is 0 Å². The molecule has 28 heavy (non-hydrogen) atoms. The van der Waals surface area contributed by atoms with E-state index in [-0.39, 0.29) is 19.1 Å². The van der Waals surface area contributed by atoms with Crippen molar-refractivity contribution in [3.8, 4) is 0 Å². The average Bonchev–Trinajstić information content (AvgIpc) is 3.01. The van der Waals surface area contributed by atoms with Crippen molar-refractivity contribution in [3.05, 3.63) is 60.2 Å². The summed E-state index contributed by atoms with van der Waals surface area (Å²) < 4.78 is 2.24. The lowest BCUT2D eigenvalue weighted by molar-refractivity contribution is 0.0551. The highest BCUT2D eigenvalue weighted by atomic mass is 16.3. The summed E-state index contributed by atoms with van der Waals surface area (Å²) in [6, 6.07) is 19.4. The van der Waals surface area contributed by atoms with Crippen LogP contribution in [0.3, 0.4) is 0 Å². The van der Waals surface area contributed by atoms with E-state index in [2.05, 4.69) is 71.5 Å². The van der Waals surface area contributed by atoms with Crippen LogP contribution in [0, 0.1) is 5.92 Å². The van der Waals surface area contributed by atoms with Crippen LogP contribution in [0.15, 0.2) is 54.6 Å². The van der Waals surface area contributed by atoms with Crippen LogP contribution in [0.2, 0.25) is 0 Å². The summed E-state index contributed by atoms with van der Waals surface area (Å²) in [7, 11) is 2.11. The Hall–Kier alpha value is -2.40. The summed E-state index contributed by atoms with van der Waals surface area (Å²) in [4.78, 5) is 0. The average molecular weight is 377 g/mol. The maximum absolute atomic E-state index is 9.83. The summed E-state index contributed by atoms with van der Waals surface area (Å²) >= 11 is 0. The Bertz CT molecular complexity index is 1140. The minimum atomic E-state index is -0.680. The Labute approximate surface area is 165 Å². The van der Waals surface area contributed by atoms with Crippen molar-refractivity contribution in [3.63, 3.8) is 0 Å². The minimum Gasteiger partial charge on any atom is -0.394 e. The lowest BCUT2D eigenvalue weighted by Gasteiger charge is -2.35. The van der Waals surface area contributed by atoms with Crippen LogP contribution in [0.25, 0.3) is 32.6 Å². The third-order valence-electron chi connectivity index (χ3n) is 6.27. The molecular formula is C24H28N2O2. The molecule has 0 amide bonds. The monoisotopic (exact) mass is 376 g/mol. The molecule has 0 saturated carbocycles. The molecule has 0 fully saturated rings. The van der Waals surface area contributed by atoms with E-state index in [0.29, 0.717) is 6.54 Å². The first kappa shape index (κ1) is 18.9. The van der Waals surface area contributed by atoms with E-state index < -0.39 is 5.54 Å². The Morgan fingerprint density at radius 3 is 2.36 bits per heavy atom. The first-order valence-electron chi connectivity index (χ1n) is 9.86. The molecule has 146 valence electrons. The topological polar surface area (TPSA) is 57.4 Å². The quantitative estimate of drug-likeness (QED) is 0.477. The molecule has 4 nitrogen and oxygen atoms in total. The number of aliphatic hydroxyl groups is 2. The number of fused-ring (bicyclic) bond motifs is 5. The second-order valence-electron chi connectivity index (χ2n) is 8.07. The van der Waals surface area contributed by atoms with Gasteiger partial charge in [0.15, 0.2) is 0 Å². The molecule has 3 N–H and O–H groups in total. The number of nitrogens with one attached hydrogen (secondary N) is 1. The van der Waals surface area contributed by atoms with Crippen LogP contribution in [-0.4, -0.2) is 33.5 Å². The largest absolute Gasteiger partial charge is 0.394 e. The van der Waals surface area contributed by atoms with Crippen molar-refractivity contribution in [1.82, 2.24) is 9.88 Å². The van der Waals surface area contributed by atoms with E-state index in [4.69, 9.17) is 0 Å². The fourth-order valence-electron chi connectivity index (χ4n) is 4.15. The number of benzene rings is 3. The van der Waals surface area contributed by atoms with Crippen LogP contribution in [-0.2, 0) is 13.6 Å². The second-order valence-corrected chi connectivity index (χ2v) is 8.07. The normalized spacial score (nSPS) is 12.6. The van der Waals surface area contributed by atoms with Crippen molar-refractivity contribution >= 4 is 32.6 Å². The third-order valence-corrected chi connectivity index (χ3v) is 6.27. The summed E-state index contributed by atoms with van der Waals surface area (Å²) in [6.45, 7) is 4.43. The highest BCUT2D eigenvalue weighted by molar-refractivity contribution is 6.20.